The van der Waals surface area contributed by atoms with Crippen molar-refractivity contribution in [1.29, 1.82) is 0 Å². The van der Waals surface area contributed by atoms with Crippen molar-refractivity contribution in [1.82, 2.24) is 0 Å². The molecule has 0 spiro atoms. The predicted octanol–water partition coefficient (Wildman–Crippen LogP) is 21.8. The number of hydrogen-bond acceptors (Lipinski definition) is 6. The first-order chi connectivity index (χ1) is 36.0. The molecule has 0 aliphatic heterocycles. The fourth-order valence-electron chi connectivity index (χ4n) is 9.51. The molecule has 1 atom stereocenters. The molecule has 0 aromatic carbocycles. The number of rotatable bonds is 59. The number of carbonyl (C=O) groups is 3. The molecule has 0 rings (SSSR count). The molecule has 6 heteroatoms. The van der Waals surface area contributed by atoms with Gasteiger partial charge in [0.15, 0.2) is 6.10 Å². The zero-order valence-corrected chi connectivity index (χ0v) is 48.9. The number of unbranched alkanes of at least 4 members (excludes halogenated alkanes) is 40. The molecular weight excluding hydrogens is 901 g/mol. The summed E-state index contributed by atoms with van der Waals surface area (Å²) in [6, 6.07) is 0. The van der Waals surface area contributed by atoms with Crippen LogP contribution in [0.2, 0.25) is 0 Å². The molecule has 0 saturated heterocycles. The lowest BCUT2D eigenvalue weighted by Crippen LogP contribution is -2.30. The van der Waals surface area contributed by atoms with Crippen LogP contribution in [0.25, 0.3) is 0 Å². The van der Waals surface area contributed by atoms with Crippen molar-refractivity contribution in [2.75, 3.05) is 13.2 Å². The zero-order chi connectivity index (χ0) is 52.9. The van der Waals surface area contributed by atoms with Gasteiger partial charge in [0.25, 0.3) is 0 Å². The van der Waals surface area contributed by atoms with Crippen molar-refractivity contribution in [2.24, 2.45) is 0 Å². The van der Waals surface area contributed by atoms with Crippen LogP contribution >= 0.6 is 0 Å². The van der Waals surface area contributed by atoms with Crippen molar-refractivity contribution < 1.29 is 28.6 Å². The summed E-state index contributed by atoms with van der Waals surface area (Å²) in [7, 11) is 0. The Morgan fingerprint density at radius 3 is 0.849 bits per heavy atom. The molecule has 0 aliphatic rings. The number of esters is 3. The first-order valence-corrected chi connectivity index (χ1v) is 32.1. The van der Waals surface area contributed by atoms with E-state index in [1.165, 1.54) is 212 Å². The highest BCUT2D eigenvalue weighted by atomic mass is 16.6. The van der Waals surface area contributed by atoms with Gasteiger partial charge in [-0.3, -0.25) is 14.4 Å². The van der Waals surface area contributed by atoms with Crippen molar-refractivity contribution >= 4 is 17.9 Å². The zero-order valence-electron chi connectivity index (χ0n) is 48.9. The van der Waals surface area contributed by atoms with Crippen molar-refractivity contribution in [3.05, 3.63) is 48.6 Å². The van der Waals surface area contributed by atoms with Crippen LogP contribution in [0.1, 0.15) is 342 Å². The van der Waals surface area contributed by atoms with Crippen LogP contribution in [-0.4, -0.2) is 37.2 Å². The standard InChI is InChI=1S/C67H122O6/c1-4-7-10-13-15-17-19-21-23-25-26-27-28-29-30-31-32-33-34-35-36-37-38-39-40-42-43-45-47-49-51-54-57-60-66(69)72-63-64(62-71-65(68)59-56-53-12-9-6-3)73-67(70)61-58-55-52-50-48-46-44-41-24-22-20-18-16-14-11-8-5-2/h8,11,16,18,22,24-26,64H,4-7,9-10,12-15,17,19-21,23,27-63H2,1-3H3/b11-8-,18-16-,24-22-,26-25-. The third kappa shape index (κ3) is 60.1. The molecule has 0 saturated carbocycles. The molecule has 0 heterocycles. The fourth-order valence-corrected chi connectivity index (χ4v) is 9.51. The molecule has 0 N–H and O–H groups in total. The van der Waals surface area contributed by atoms with Crippen LogP contribution in [0.5, 0.6) is 0 Å². The Bertz CT molecular complexity index is 1270. The van der Waals surface area contributed by atoms with Crippen molar-refractivity contribution in [3.8, 4) is 0 Å². The molecule has 0 aliphatic carbocycles. The van der Waals surface area contributed by atoms with E-state index in [9.17, 15) is 14.4 Å². The van der Waals surface area contributed by atoms with Crippen LogP contribution in [0.3, 0.4) is 0 Å². The average molecular weight is 1020 g/mol. The van der Waals surface area contributed by atoms with Gasteiger partial charge in [-0.25, -0.2) is 0 Å². The lowest BCUT2D eigenvalue weighted by molar-refractivity contribution is -0.167. The van der Waals surface area contributed by atoms with E-state index >= 15 is 0 Å². The summed E-state index contributed by atoms with van der Waals surface area (Å²) in [6.07, 6.45) is 77.6. The van der Waals surface area contributed by atoms with Gasteiger partial charge >= 0.3 is 17.9 Å². The third-order valence-corrected chi connectivity index (χ3v) is 14.3. The average Bonchev–Trinajstić information content (AvgIpc) is 3.39. The van der Waals surface area contributed by atoms with Gasteiger partial charge < -0.3 is 14.2 Å². The first-order valence-electron chi connectivity index (χ1n) is 32.1. The highest BCUT2D eigenvalue weighted by molar-refractivity contribution is 5.71. The van der Waals surface area contributed by atoms with Gasteiger partial charge in [0.05, 0.1) is 0 Å². The summed E-state index contributed by atoms with van der Waals surface area (Å²) < 4.78 is 16.7. The van der Waals surface area contributed by atoms with Crippen LogP contribution in [0.4, 0.5) is 0 Å². The lowest BCUT2D eigenvalue weighted by Gasteiger charge is -2.18. The van der Waals surface area contributed by atoms with Crippen LogP contribution in [0, 0.1) is 0 Å². The minimum absolute atomic E-state index is 0.0742. The van der Waals surface area contributed by atoms with E-state index < -0.39 is 6.10 Å². The molecule has 0 amide bonds. The second kappa shape index (κ2) is 61.9. The molecule has 0 bridgehead atoms. The van der Waals surface area contributed by atoms with E-state index in [2.05, 4.69) is 69.4 Å². The maximum atomic E-state index is 12.8. The smallest absolute Gasteiger partial charge is 0.306 e. The van der Waals surface area contributed by atoms with Gasteiger partial charge in [-0.15, -0.1) is 0 Å². The van der Waals surface area contributed by atoms with E-state index in [0.717, 1.165) is 89.9 Å². The lowest BCUT2D eigenvalue weighted by atomic mass is 10.0. The summed E-state index contributed by atoms with van der Waals surface area (Å²) in [5.74, 6) is -0.883. The summed E-state index contributed by atoms with van der Waals surface area (Å²) in [5, 5.41) is 0. The number of ether oxygens (including phenoxy) is 3. The Hall–Kier alpha value is -2.63. The van der Waals surface area contributed by atoms with Crippen LogP contribution in [-0.2, 0) is 28.6 Å². The van der Waals surface area contributed by atoms with Gasteiger partial charge in [-0.05, 0) is 77.0 Å². The number of allylic oxidation sites excluding steroid dienone is 8. The normalized spacial score (nSPS) is 12.3. The Morgan fingerprint density at radius 2 is 0.534 bits per heavy atom. The summed E-state index contributed by atoms with van der Waals surface area (Å²) in [6.45, 7) is 6.48. The van der Waals surface area contributed by atoms with Gasteiger partial charge in [-0.1, -0.05) is 294 Å². The van der Waals surface area contributed by atoms with Crippen molar-refractivity contribution in [3.63, 3.8) is 0 Å². The third-order valence-electron chi connectivity index (χ3n) is 14.3. The minimum atomic E-state index is -0.773. The number of hydrogen-bond donors (Lipinski definition) is 0. The molecular formula is C67H122O6. The summed E-state index contributed by atoms with van der Waals surface area (Å²) >= 11 is 0. The first kappa shape index (κ1) is 70.4. The largest absolute Gasteiger partial charge is 0.462 e. The van der Waals surface area contributed by atoms with Gasteiger partial charge in [0, 0.05) is 19.3 Å². The predicted molar refractivity (Wildman–Crippen MR) is 316 cm³/mol. The summed E-state index contributed by atoms with van der Waals surface area (Å²) in [5.41, 5.74) is 0. The maximum Gasteiger partial charge on any atom is 0.306 e. The van der Waals surface area contributed by atoms with Gasteiger partial charge in [0.2, 0.25) is 0 Å². The SMILES string of the molecule is CC/C=C\C/C=C\C/C=C\CCCCCCCCCC(=O)OC(COC(=O)CCCCCCC)COC(=O)CCCCCCCCCCCCCCCCCCCCCCC/C=C\CCCCCCCCCC. The monoisotopic (exact) mass is 1020 g/mol. The quantitative estimate of drug-likeness (QED) is 0.0261. The number of carbonyl (C=O) groups excluding carboxylic acids is 3. The van der Waals surface area contributed by atoms with E-state index in [-0.39, 0.29) is 31.1 Å². The Balaban J connectivity index is 3.90. The van der Waals surface area contributed by atoms with Crippen LogP contribution in [0.15, 0.2) is 48.6 Å². The Morgan fingerprint density at radius 1 is 0.288 bits per heavy atom. The molecule has 73 heavy (non-hydrogen) atoms. The molecule has 1 unspecified atom stereocenters. The second-order valence-electron chi connectivity index (χ2n) is 21.6. The van der Waals surface area contributed by atoms with Gasteiger partial charge in [-0.2, -0.15) is 0 Å². The van der Waals surface area contributed by atoms with Crippen molar-refractivity contribution in [2.45, 2.75) is 348 Å². The molecule has 6 nitrogen and oxygen atoms in total. The maximum absolute atomic E-state index is 12.8. The highest BCUT2D eigenvalue weighted by Gasteiger charge is 2.19. The second-order valence-corrected chi connectivity index (χ2v) is 21.6. The minimum Gasteiger partial charge on any atom is -0.462 e. The molecule has 0 aromatic heterocycles. The van der Waals surface area contributed by atoms with E-state index in [1.54, 1.807) is 0 Å². The molecule has 0 aromatic rings. The van der Waals surface area contributed by atoms with E-state index in [1.807, 2.05) is 0 Å². The van der Waals surface area contributed by atoms with Crippen LogP contribution < -0.4 is 0 Å². The Kier molecular flexibility index (Phi) is 59.7. The van der Waals surface area contributed by atoms with Gasteiger partial charge in [0.1, 0.15) is 13.2 Å². The topological polar surface area (TPSA) is 78.9 Å². The molecule has 0 fully saturated rings. The summed E-state index contributed by atoms with van der Waals surface area (Å²) in [4.78, 5) is 37.8. The molecule has 426 valence electrons. The Labute approximate surface area is 454 Å². The highest BCUT2D eigenvalue weighted by Crippen LogP contribution is 2.18. The fraction of sp³-hybridized carbons (Fsp3) is 0.836. The van der Waals surface area contributed by atoms with E-state index in [4.69, 9.17) is 14.2 Å². The molecule has 0 radical (unpaired) electrons. The van der Waals surface area contributed by atoms with E-state index in [0.29, 0.717) is 19.3 Å².